The minimum atomic E-state index is -4.68. The van der Waals surface area contributed by atoms with E-state index in [-0.39, 0.29) is 6.54 Å². The highest BCUT2D eigenvalue weighted by atomic mass is 35.5. The van der Waals surface area contributed by atoms with Gasteiger partial charge in [0, 0.05) is 16.6 Å². The first-order chi connectivity index (χ1) is 12.5. The fourth-order valence-electron chi connectivity index (χ4n) is 2.00. The van der Waals surface area contributed by atoms with Crippen LogP contribution in [-0.4, -0.2) is 20.9 Å². The molecule has 0 aliphatic rings. The van der Waals surface area contributed by atoms with E-state index in [9.17, 15) is 26.4 Å². The molecule has 2 rings (SSSR count). The van der Waals surface area contributed by atoms with Gasteiger partial charge in [-0.05, 0) is 35.9 Å². The van der Waals surface area contributed by atoms with Crippen molar-refractivity contribution in [3.8, 4) is 0 Å². The minimum absolute atomic E-state index is 0.0279. The fraction of sp³-hybridized carbons (Fsp3) is 0.188. The van der Waals surface area contributed by atoms with Gasteiger partial charge in [-0.2, -0.15) is 13.2 Å². The third-order valence-corrected chi connectivity index (χ3v) is 5.37. The Balaban J connectivity index is 1.97. The van der Waals surface area contributed by atoms with Gasteiger partial charge in [0.05, 0.1) is 17.0 Å². The number of benzene rings is 2. The summed E-state index contributed by atoms with van der Waals surface area (Å²) in [6.07, 6.45) is -4.68. The summed E-state index contributed by atoms with van der Waals surface area (Å²) in [5.41, 5.74) is -0.539. The molecule has 1 amide bonds. The lowest BCUT2D eigenvalue weighted by molar-refractivity contribution is -0.137. The molecule has 2 aromatic rings. The average Bonchev–Trinajstić information content (AvgIpc) is 2.59. The molecular weight excluding hydrogens is 428 g/mol. The third kappa shape index (κ3) is 6.10. The Hall–Kier alpha value is -1.81. The number of sulfonamides is 1. The molecule has 0 fully saturated rings. The fourth-order valence-corrected chi connectivity index (χ4v) is 3.51. The van der Waals surface area contributed by atoms with Crippen molar-refractivity contribution in [3.63, 3.8) is 0 Å². The predicted octanol–water partition coefficient (Wildman–Crippen LogP) is 3.61. The molecule has 0 aliphatic carbocycles. The summed E-state index contributed by atoms with van der Waals surface area (Å²) < 4.78 is 64.2. The van der Waals surface area contributed by atoms with Gasteiger partial charge in [0.15, 0.2) is 0 Å². The first kappa shape index (κ1) is 21.5. The molecule has 27 heavy (non-hydrogen) atoms. The van der Waals surface area contributed by atoms with Crippen LogP contribution < -0.4 is 10.0 Å². The largest absolute Gasteiger partial charge is 0.416 e. The monoisotopic (exact) mass is 440 g/mol. The van der Waals surface area contributed by atoms with E-state index in [1.54, 1.807) is 12.1 Å². The Morgan fingerprint density at radius 3 is 2.41 bits per heavy atom. The van der Waals surface area contributed by atoms with E-state index < -0.39 is 39.1 Å². The number of halogens is 5. The molecule has 0 heterocycles. The number of rotatable bonds is 6. The van der Waals surface area contributed by atoms with E-state index in [1.807, 2.05) is 4.72 Å². The maximum atomic E-state index is 12.7. The molecule has 0 bridgehead atoms. The SMILES string of the molecule is O=C(CNS(=O)(=O)c1cccc(C(F)(F)F)c1)NCc1ccc(Cl)cc1Cl. The van der Waals surface area contributed by atoms with Gasteiger partial charge in [0.25, 0.3) is 0 Å². The highest BCUT2D eigenvalue weighted by Crippen LogP contribution is 2.30. The first-order valence-corrected chi connectivity index (χ1v) is 9.60. The van der Waals surface area contributed by atoms with Crippen LogP contribution in [0.2, 0.25) is 10.0 Å². The van der Waals surface area contributed by atoms with Crippen molar-refractivity contribution in [2.75, 3.05) is 6.54 Å². The summed E-state index contributed by atoms with van der Waals surface area (Å²) in [5, 5.41) is 3.19. The molecule has 0 unspecified atom stereocenters. The normalized spacial score (nSPS) is 12.0. The van der Waals surface area contributed by atoms with Gasteiger partial charge in [-0.25, -0.2) is 13.1 Å². The summed E-state index contributed by atoms with van der Waals surface area (Å²) in [6.45, 7) is -0.621. The second-order valence-corrected chi connectivity index (χ2v) is 7.97. The van der Waals surface area contributed by atoms with Crippen LogP contribution in [0.3, 0.4) is 0 Å². The molecule has 0 atom stereocenters. The zero-order valence-corrected chi connectivity index (χ0v) is 15.8. The third-order valence-electron chi connectivity index (χ3n) is 3.39. The Morgan fingerprint density at radius 1 is 1.07 bits per heavy atom. The van der Waals surface area contributed by atoms with Gasteiger partial charge in [-0.15, -0.1) is 0 Å². The number of amides is 1. The quantitative estimate of drug-likeness (QED) is 0.720. The standard InChI is InChI=1S/C16H13Cl2F3N2O3S/c17-12-5-4-10(14(18)7-12)8-22-15(24)9-23-27(25,26)13-3-1-2-11(6-13)16(19,20)21/h1-7,23H,8-9H2,(H,22,24). The molecule has 0 aromatic heterocycles. The molecule has 0 saturated carbocycles. The van der Waals surface area contributed by atoms with E-state index >= 15 is 0 Å². The van der Waals surface area contributed by atoms with E-state index in [1.165, 1.54) is 6.07 Å². The molecule has 2 N–H and O–H groups in total. The zero-order chi connectivity index (χ0) is 20.2. The number of nitrogens with one attached hydrogen (secondary N) is 2. The average molecular weight is 441 g/mol. The van der Waals surface area contributed by atoms with E-state index in [0.717, 1.165) is 18.2 Å². The second kappa shape index (κ2) is 8.47. The van der Waals surface area contributed by atoms with Crippen LogP contribution in [-0.2, 0) is 27.5 Å². The maximum absolute atomic E-state index is 12.7. The second-order valence-electron chi connectivity index (χ2n) is 5.36. The summed E-state index contributed by atoms with van der Waals surface area (Å²) in [5.74, 6) is -0.684. The molecular formula is C16H13Cl2F3N2O3S. The van der Waals surface area contributed by atoms with Crippen molar-refractivity contribution in [2.45, 2.75) is 17.6 Å². The molecule has 0 aliphatic heterocycles. The minimum Gasteiger partial charge on any atom is -0.351 e. The topological polar surface area (TPSA) is 75.3 Å². The number of hydrogen-bond donors (Lipinski definition) is 2. The first-order valence-electron chi connectivity index (χ1n) is 7.36. The highest BCUT2D eigenvalue weighted by molar-refractivity contribution is 7.89. The summed E-state index contributed by atoms with van der Waals surface area (Å²) in [4.78, 5) is 11.2. The van der Waals surface area contributed by atoms with Crippen molar-refractivity contribution in [1.29, 1.82) is 0 Å². The van der Waals surface area contributed by atoms with Crippen molar-refractivity contribution >= 4 is 39.1 Å². The van der Waals surface area contributed by atoms with Gasteiger partial charge in [0.1, 0.15) is 0 Å². The van der Waals surface area contributed by atoms with Gasteiger partial charge >= 0.3 is 6.18 Å². The van der Waals surface area contributed by atoms with Crippen molar-refractivity contribution in [2.24, 2.45) is 0 Å². The number of hydrogen-bond acceptors (Lipinski definition) is 3. The van der Waals surface area contributed by atoms with Crippen molar-refractivity contribution in [1.82, 2.24) is 10.0 Å². The van der Waals surface area contributed by atoms with E-state index in [4.69, 9.17) is 23.2 Å². The number of carbonyl (C=O) groups is 1. The van der Waals surface area contributed by atoms with Gasteiger partial charge < -0.3 is 5.32 Å². The van der Waals surface area contributed by atoms with Crippen molar-refractivity contribution in [3.05, 3.63) is 63.6 Å². The van der Waals surface area contributed by atoms with Crippen LogP contribution in [0.15, 0.2) is 47.4 Å². The molecule has 0 spiro atoms. The predicted molar refractivity (Wildman–Crippen MR) is 94.9 cm³/mol. The number of carbonyl (C=O) groups excluding carboxylic acids is 1. The number of alkyl halides is 3. The van der Waals surface area contributed by atoms with Crippen LogP contribution >= 0.6 is 23.2 Å². The van der Waals surface area contributed by atoms with Crippen LogP contribution in [0.5, 0.6) is 0 Å². The molecule has 0 radical (unpaired) electrons. The van der Waals surface area contributed by atoms with Crippen LogP contribution in [0.4, 0.5) is 13.2 Å². The zero-order valence-electron chi connectivity index (χ0n) is 13.5. The van der Waals surface area contributed by atoms with Crippen LogP contribution in [0.25, 0.3) is 0 Å². The molecule has 0 saturated heterocycles. The smallest absolute Gasteiger partial charge is 0.351 e. The van der Waals surface area contributed by atoms with Gasteiger partial charge in [-0.3, -0.25) is 4.79 Å². The highest BCUT2D eigenvalue weighted by Gasteiger charge is 2.31. The Morgan fingerprint density at radius 2 is 1.78 bits per heavy atom. The van der Waals surface area contributed by atoms with E-state index in [0.29, 0.717) is 21.7 Å². The summed E-state index contributed by atoms with van der Waals surface area (Å²) >= 11 is 11.7. The Kier molecular flexibility index (Phi) is 6.74. The molecule has 5 nitrogen and oxygen atoms in total. The van der Waals surface area contributed by atoms with Crippen molar-refractivity contribution < 1.29 is 26.4 Å². The van der Waals surface area contributed by atoms with Crippen LogP contribution in [0.1, 0.15) is 11.1 Å². The molecule has 146 valence electrons. The van der Waals surface area contributed by atoms with Crippen LogP contribution in [0, 0.1) is 0 Å². The summed E-state index contributed by atoms with van der Waals surface area (Å²) in [7, 11) is -4.29. The lowest BCUT2D eigenvalue weighted by Crippen LogP contribution is -2.36. The Labute approximate surface area is 163 Å². The lowest BCUT2D eigenvalue weighted by Gasteiger charge is -2.11. The molecule has 2 aromatic carbocycles. The van der Waals surface area contributed by atoms with Gasteiger partial charge in [-0.1, -0.05) is 35.3 Å². The lowest BCUT2D eigenvalue weighted by atomic mass is 10.2. The molecule has 11 heteroatoms. The van der Waals surface area contributed by atoms with E-state index in [2.05, 4.69) is 5.32 Å². The Bertz CT molecular complexity index is 950. The summed E-state index contributed by atoms with van der Waals surface area (Å²) in [6, 6.07) is 7.88. The van der Waals surface area contributed by atoms with Gasteiger partial charge in [0.2, 0.25) is 15.9 Å². The maximum Gasteiger partial charge on any atom is 0.416 e.